The zero-order valence-electron chi connectivity index (χ0n) is 17.9. The number of rotatable bonds is 16. The van der Waals surface area contributed by atoms with E-state index in [4.69, 9.17) is 9.47 Å². The van der Waals surface area contributed by atoms with Crippen molar-refractivity contribution in [2.24, 2.45) is 11.8 Å². The third kappa shape index (κ3) is 14.0. The number of ether oxygens (including phenoxy) is 2. The maximum Gasteiger partial charge on any atom is 1.00 e. The monoisotopic (exact) mass is 440 g/mol. The summed E-state index contributed by atoms with van der Waals surface area (Å²) in [5.41, 5.74) is 0. The molecule has 0 aromatic heterocycles. The minimum Gasteiger partial charge on any atom is -0.747 e. The third-order valence-corrected chi connectivity index (χ3v) is 5.67. The fourth-order valence-electron chi connectivity index (χ4n) is 2.53. The van der Waals surface area contributed by atoms with Gasteiger partial charge in [0.25, 0.3) is 0 Å². The van der Waals surface area contributed by atoms with Gasteiger partial charge in [-0.3, -0.25) is 9.59 Å². The van der Waals surface area contributed by atoms with Gasteiger partial charge in [-0.15, -0.1) is 13.2 Å². The first-order valence-electron chi connectivity index (χ1n) is 9.68. The molecule has 0 amide bonds. The number of carbonyl (C=O) groups is 2. The van der Waals surface area contributed by atoms with E-state index in [1.54, 1.807) is 12.2 Å². The minimum atomic E-state index is -5.04. The second-order valence-electron chi connectivity index (χ2n) is 6.78. The number of allylic oxidation sites excluding steroid dienone is 2. The molecular weight excluding hydrogens is 407 g/mol. The molecule has 0 fully saturated rings. The first-order chi connectivity index (χ1) is 13.2. The van der Waals surface area contributed by atoms with E-state index >= 15 is 0 Å². The van der Waals surface area contributed by atoms with Crippen molar-refractivity contribution in [2.45, 2.75) is 64.0 Å². The summed E-state index contributed by atoms with van der Waals surface area (Å²) in [7, 11) is -5.04. The molecule has 0 radical (unpaired) electrons. The predicted molar refractivity (Wildman–Crippen MR) is 106 cm³/mol. The van der Waals surface area contributed by atoms with E-state index in [1.807, 2.05) is 13.8 Å². The maximum atomic E-state index is 12.1. The molecule has 0 aliphatic carbocycles. The van der Waals surface area contributed by atoms with E-state index in [-0.39, 0.29) is 54.6 Å². The Morgan fingerprint density at radius 2 is 1.41 bits per heavy atom. The van der Waals surface area contributed by atoms with Gasteiger partial charge in [0.1, 0.15) is 10.1 Å². The summed E-state index contributed by atoms with van der Waals surface area (Å²) in [6, 6.07) is 0. The van der Waals surface area contributed by atoms with Crippen LogP contribution in [0.5, 0.6) is 0 Å². The molecule has 7 nitrogen and oxygen atoms in total. The minimum absolute atomic E-state index is 0. The van der Waals surface area contributed by atoms with Crippen LogP contribution in [0.3, 0.4) is 0 Å². The Balaban J connectivity index is 0. The molecule has 0 aromatic rings. The molecule has 0 spiro atoms. The van der Waals surface area contributed by atoms with Gasteiger partial charge in [-0.1, -0.05) is 38.8 Å². The number of esters is 2. The van der Waals surface area contributed by atoms with Crippen LogP contribution in [0.4, 0.5) is 0 Å². The van der Waals surface area contributed by atoms with Gasteiger partial charge in [0, 0.05) is 0 Å². The molecule has 0 aliphatic rings. The molecule has 0 bridgehead atoms. The van der Waals surface area contributed by atoms with Crippen molar-refractivity contribution in [3.8, 4) is 0 Å². The average Bonchev–Trinajstić information content (AvgIpc) is 2.65. The molecule has 0 saturated heterocycles. The molecule has 0 heterocycles. The Kier molecular flexibility index (Phi) is 18.0. The SMILES string of the molecule is C=CCC[C@@H](CC)COC(=O)CC(C(=O)OC[C@@H](CC)CCC=C)S(=O)(=O)[O-].[Na+]. The summed E-state index contributed by atoms with van der Waals surface area (Å²) in [5, 5.41) is -2.09. The van der Waals surface area contributed by atoms with E-state index in [0.717, 1.165) is 38.5 Å². The largest absolute Gasteiger partial charge is 1.00 e. The molecule has 3 atom stereocenters. The van der Waals surface area contributed by atoms with Gasteiger partial charge in [-0.05, 0) is 37.5 Å². The van der Waals surface area contributed by atoms with Crippen molar-refractivity contribution in [2.75, 3.05) is 13.2 Å². The van der Waals surface area contributed by atoms with Gasteiger partial charge in [-0.2, -0.15) is 0 Å². The second-order valence-corrected chi connectivity index (χ2v) is 8.33. The Labute approximate surface area is 197 Å². The van der Waals surface area contributed by atoms with Gasteiger partial charge < -0.3 is 14.0 Å². The maximum absolute atomic E-state index is 12.1. The smallest absolute Gasteiger partial charge is 0.747 e. The van der Waals surface area contributed by atoms with Crippen LogP contribution in [-0.2, 0) is 29.2 Å². The van der Waals surface area contributed by atoms with E-state index < -0.39 is 33.7 Å². The standard InChI is InChI=1S/C20H34O7S.Na/c1-5-9-11-16(7-3)14-26-19(21)13-18(28(23,24)25)20(22)27-15-17(8-4)12-10-6-2;/h5-6,16-18H,1-2,7-15H2,3-4H3,(H,23,24,25);/q;+1/p-1/t16-,17+,18?;/m1./s1. The Morgan fingerprint density at radius 1 is 0.966 bits per heavy atom. The van der Waals surface area contributed by atoms with Gasteiger partial charge in [0.05, 0.1) is 19.6 Å². The van der Waals surface area contributed by atoms with Crippen molar-refractivity contribution in [1.29, 1.82) is 0 Å². The molecule has 1 unspecified atom stereocenters. The second kappa shape index (κ2) is 17.1. The fourth-order valence-corrected chi connectivity index (χ4v) is 3.18. The Hall–Kier alpha value is -0.670. The van der Waals surface area contributed by atoms with Crippen molar-refractivity contribution >= 4 is 22.1 Å². The molecule has 29 heavy (non-hydrogen) atoms. The van der Waals surface area contributed by atoms with Crippen molar-refractivity contribution in [3.05, 3.63) is 25.3 Å². The summed E-state index contributed by atoms with van der Waals surface area (Å²) in [6.45, 7) is 11.2. The molecule has 0 aliphatic heterocycles. The van der Waals surface area contributed by atoms with Gasteiger partial charge >= 0.3 is 41.5 Å². The Morgan fingerprint density at radius 3 is 1.79 bits per heavy atom. The normalized spacial score (nSPS) is 14.0. The van der Waals surface area contributed by atoms with Crippen LogP contribution in [0.1, 0.15) is 58.8 Å². The van der Waals surface area contributed by atoms with Crippen molar-refractivity contribution < 1.29 is 61.6 Å². The molecule has 9 heteroatoms. The van der Waals surface area contributed by atoms with E-state index in [2.05, 4.69) is 13.2 Å². The van der Waals surface area contributed by atoms with Crippen LogP contribution in [0.2, 0.25) is 0 Å². The molecule has 0 rings (SSSR count). The summed E-state index contributed by atoms with van der Waals surface area (Å²) in [6.07, 6.45) is 7.17. The first-order valence-corrected chi connectivity index (χ1v) is 11.1. The number of hydrogen-bond acceptors (Lipinski definition) is 7. The summed E-state index contributed by atoms with van der Waals surface area (Å²) >= 11 is 0. The van der Waals surface area contributed by atoms with Gasteiger partial charge in [-0.25, -0.2) is 8.42 Å². The van der Waals surface area contributed by atoms with E-state index in [9.17, 15) is 22.6 Å². The van der Waals surface area contributed by atoms with Crippen LogP contribution < -0.4 is 29.6 Å². The zero-order valence-corrected chi connectivity index (χ0v) is 20.7. The van der Waals surface area contributed by atoms with Crippen LogP contribution in [0.25, 0.3) is 0 Å². The molecular formula is C20H33NaO7S. The predicted octanol–water partition coefficient (Wildman–Crippen LogP) is 0.366. The summed E-state index contributed by atoms with van der Waals surface area (Å²) in [5.74, 6) is -1.98. The first kappa shape index (κ1) is 30.5. The molecule has 162 valence electrons. The quantitative estimate of drug-likeness (QED) is 0.148. The number of hydrogen-bond donors (Lipinski definition) is 0. The van der Waals surface area contributed by atoms with Gasteiger partial charge in [0.2, 0.25) is 0 Å². The zero-order chi connectivity index (χ0) is 21.6. The topological polar surface area (TPSA) is 110 Å². The van der Waals surface area contributed by atoms with Gasteiger partial charge in [0.15, 0.2) is 5.25 Å². The Bertz CT molecular complexity index is 604. The fraction of sp³-hybridized carbons (Fsp3) is 0.700. The van der Waals surface area contributed by atoms with Crippen LogP contribution >= 0.6 is 0 Å². The summed E-state index contributed by atoms with van der Waals surface area (Å²) in [4.78, 5) is 24.1. The van der Waals surface area contributed by atoms with Crippen LogP contribution in [0, 0.1) is 11.8 Å². The summed E-state index contributed by atoms with van der Waals surface area (Å²) < 4.78 is 44.4. The number of carbonyl (C=O) groups excluding carboxylic acids is 2. The molecule has 0 N–H and O–H groups in total. The van der Waals surface area contributed by atoms with Crippen LogP contribution in [-0.4, -0.2) is 43.4 Å². The average molecular weight is 441 g/mol. The third-order valence-electron chi connectivity index (χ3n) is 4.62. The van der Waals surface area contributed by atoms with E-state index in [0.29, 0.717) is 0 Å². The van der Waals surface area contributed by atoms with E-state index in [1.165, 1.54) is 0 Å². The van der Waals surface area contributed by atoms with Crippen molar-refractivity contribution in [1.82, 2.24) is 0 Å². The molecule has 0 aromatic carbocycles. The molecule has 0 saturated carbocycles. The van der Waals surface area contributed by atoms with Crippen LogP contribution in [0.15, 0.2) is 25.3 Å². The van der Waals surface area contributed by atoms with Crippen molar-refractivity contribution in [3.63, 3.8) is 0 Å².